The molecule has 4 rings (SSSR count). The van der Waals surface area contributed by atoms with Gasteiger partial charge in [-0.1, -0.05) is 18.2 Å². The van der Waals surface area contributed by atoms with Crippen LogP contribution in [0.5, 0.6) is 0 Å². The molecular formula is C19H11NO3S. The number of carbonyl (C=O) groups is 1. The van der Waals surface area contributed by atoms with E-state index in [1.807, 2.05) is 36.4 Å². The largest absolute Gasteiger partial charge is 0.289 e. The first-order chi connectivity index (χ1) is 11.6. The molecule has 0 atom stereocenters. The van der Waals surface area contributed by atoms with Crippen LogP contribution in [-0.2, 0) is 0 Å². The highest BCUT2D eigenvalue weighted by Gasteiger charge is 2.13. The molecule has 0 spiro atoms. The number of hydrogen-bond donors (Lipinski definition) is 0. The van der Waals surface area contributed by atoms with Crippen molar-refractivity contribution in [1.29, 1.82) is 0 Å². The third-order valence-corrected chi connectivity index (χ3v) is 5.13. The summed E-state index contributed by atoms with van der Waals surface area (Å²) < 4.78 is 2.32. The molecule has 0 radical (unpaired) electrons. The maximum Gasteiger partial charge on any atom is 0.269 e. The normalized spacial score (nSPS) is 11.0. The third kappa shape index (κ3) is 2.35. The van der Waals surface area contributed by atoms with E-state index in [0.717, 1.165) is 15.5 Å². The summed E-state index contributed by atoms with van der Waals surface area (Å²) in [5, 5.41) is 12.9. The average molecular weight is 333 g/mol. The highest BCUT2D eigenvalue weighted by atomic mass is 32.1. The second-order valence-electron chi connectivity index (χ2n) is 5.44. The van der Waals surface area contributed by atoms with Gasteiger partial charge in [-0.15, -0.1) is 11.3 Å². The van der Waals surface area contributed by atoms with E-state index in [9.17, 15) is 14.9 Å². The summed E-state index contributed by atoms with van der Waals surface area (Å²) in [5.41, 5.74) is 1.00. The van der Waals surface area contributed by atoms with Gasteiger partial charge in [-0.2, -0.15) is 0 Å². The molecule has 0 aliphatic rings. The van der Waals surface area contributed by atoms with Gasteiger partial charge in [0.05, 0.1) is 4.92 Å². The van der Waals surface area contributed by atoms with E-state index < -0.39 is 4.92 Å². The molecule has 116 valence electrons. The molecule has 1 aromatic heterocycles. The first kappa shape index (κ1) is 14.5. The Morgan fingerprint density at radius 1 is 0.833 bits per heavy atom. The SMILES string of the molecule is O=C(c1ccc([N+](=O)[O-])cc1)c1ccc2sc3ccccc3c2c1. The first-order valence-corrected chi connectivity index (χ1v) is 8.15. The molecule has 0 aliphatic heterocycles. The van der Waals surface area contributed by atoms with E-state index in [1.165, 1.54) is 29.0 Å². The van der Waals surface area contributed by atoms with Gasteiger partial charge in [0.1, 0.15) is 0 Å². The lowest BCUT2D eigenvalue weighted by Crippen LogP contribution is -2.01. The molecule has 0 bridgehead atoms. The second-order valence-corrected chi connectivity index (χ2v) is 6.53. The molecule has 1 heterocycles. The number of rotatable bonds is 3. The van der Waals surface area contributed by atoms with Crippen molar-refractivity contribution >= 4 is 43.0 Å². The Morgan fingerprint density at radius 3 is 2.25 bits per heavy atom. The minimum Gasteiger partial charge on any atom is -0.289 e. The number of benzene rings is 3. The Hall–Kier alpha value is -3.05. The van der Waals surface area contributed by atoms with Gasteiger partial charge in [-0.25, -0.2) is 0 Å². The fraction of sp³-hybridized carbons (Fsp3) is 0. The number of nitrogens with zero attached hydrogens (tertiary/aromatic N) is 1. The molecular weight excluding hydrogens is 322 g/mol. The van der Waals surface area contributed by atoms with Crippen LogP contribution in [0.4, 0.5) is 5.69 Å². The highest BCUT2D eigenvalue weighted by Crippen LogP contribution is 2.34. The number of hydrogen-bond acceptors (Lipinski definition) is 4. The molecule has 4 aromatic rings. The lowest BCUT2D eigenvalue weighted by atomic mass is 10.0. The zero-order valence-corrected chi connectivity index (χ0v) is 13.2. The zero-order chi connectivity index (χ0) is 16.7. The average Bonchev–Trinajstić information content (AvgIpc) is 2.99. The molecule has 0 N–H and O–H groups in total. The van der Waals surface area contributed by atoms with Crippen LogP contribution in [0.2, 0.25) is 0 Å². The minimum absolute atomic E-state index is 0.0224. The van der Waals surface area contributed by atoms with Gasteiger partial charge in [0.15, 0.2) is 5.78 Å². The molecule has 0 saturated heterocycles. The molecule has 4 nitrogen and oxygen atoms in total. The van der Waals surface area contributed by atoms with E-state index in [4.69, 9.17) is 0 Å². The summed E-state index contributed by atoms with van der Waals surface area (Å²) in [6, 6.07) is 19.5. The lowest BCUT2D eigenvalue weighted by molar-refractivity contribution is -0.384. The van der Waals surface area contributed by atoms with Gasteiger partial charge in [-0.05, 0) is 36.4 Å². The van der Waals surface area contributed by atoms with Gasteiger partial charge >= 0.3 is 0 Å². The number of thiophene rings is 1. The fourth-order valence-electron chi connectivity index (χ4n) is 2.77. The van der Waals surface area contributed by atoms with Crippen molar-refractivity contribution in [1.82, 2.24) is 0 Å². The summed E-state index contributed by atoms with van der Waals surface area (Å²) in [6.07, 6.45) is 0. The van der Waals surface area contributed by atoms with Crippen LogP contribution in [0.1, 0.15) is 15.9 Å². The van der Waals surface area contributed by atoms with E-state index in [0.29, 0.717) is 11.1 Å². The van der Waals surface area contributed by atoms with Crippen molar-refractivity contribution < 1.29 is 9.72 Å². The van der Waals surface area contributed by atoms with Gasteiger partial charge < -0.3 is 0 Å². The van der Waals surface area contributed by atoms with Gasteiger partial charge in [0.25, 0.3) is 5.69 Å². The van der Waals surface area contributed by atoms with Crippen molar-refractivity contribution in [3.63, 3.8) is 0 Å². The third-order valence-electron chi connectivity index (χ3n) is 3.98. The van der Waals surface area contributed by atoms with Crippen molar-refractivity contribution in [3.05, 3.63) is 88.0 Å². The number of nitro benzene ring substituents is 1. The van der Waals surface area contributed by atoms with Crippen LogP contribution in [0.25, 0.3) is 20.2 Å². The van der Waals surface area contributed by atoms with Crippen LogP contribution in [0, 0.1) is 10.1 Å². The monoisotopic (exact) mass is 333 g/mol. The lowest BCUT2D eigenvalue weighted by Gasteiger charge is -2.02. The Labute approximate surface area is 141 Å². The number of fused-ring (bicyclic) bond motifs is 3. The van der Waals surface area contributed by atoms with E-state index >= 15 is 0 Å². The predicted molar refractivity (Wildman–Crippen MR) is 95.9 cm³/mol. The predicted octanol–water partition coefficient (Wildman–Crippen LogP) is 5.19. The maximum atomic E-state index is 12.7. The number of nitro groups is 1. The molecule has 5 heteroatoms. The molecule has 0 amide bonds. The highest BCUT2D eigenvalue weighted by molar-refractivity contribution is 7.25. The fourth-order valence-corrected chi connectivity index (χ4v) is 3.85. The van der Waals surface area contributed by atoms with E-state index in [-0.39, 0.29) is 11.5 Å². The summed E-state index contributed by atoms with van der Waals surface area (Å²) in [7, 11) is 0. The Morgan fingerprint density at radius 2 is 1.50 bits per heavy atom. The van der Waals surface area contributed by atoms with Gasteiger partial charge in [-0.3, -0.25) is 14.9 Å². The van der Waals surface area contributed by atoms with Crippen LogP contribution < -0.4 is 0 Å². The smallest absolute Gasteiger partial charge is 0.269 e. The van der Waals surface area contributed by atoms with Gasteiger partial charge in [0, 0.05) is 43.4 Å². The summed E-state index contributed by atoms with van der Waals surface area (Å²) in [6.45, 7) is 0. The Bertz CT molecular complexity index is 1100. The molecule has 0 fully saturated rings. The zero-order valence-electron chi connectivity index (χ0n) is 12.4. The van der Waals surface area contributed by atoms with Crippen molar-refractivity contribution in [2.24, 2.45) is 0 Å². The molecule has 0 saturated carbocycles. The van der Waals surface area contributed by atoms with E-state index in [1.54, 1.807) is 11.3 Å². The van der Waals surface area contributed by atoms with Crippen LogP contribution >= 0.6 is 11.3 Å². The Balaban J connectivity index is 1.79. The van der Waals surface area contributed by atoms with Crippen molar-refractivity contribution in [2.45, 2.75) is 0 Å². The van der Waals surface area contributed by atoms with Crippen molar-refractivity contribution in [2.75, 3.05) is 0 Å². The summed E-state index contributed by atoms with van der Waals surface area (Å²) >= 11 is 1.70. The van der Waals surface area contributed by atoms with E-state index in [2.05, 4.69) is 6.07 Å². The number of carbonyl (C=O) groups excluding carboxylic acids is 1. The second kappa shape index (κ2) is 5.54. The molecule has 0 unspecified atom stereocenters. The van der Waals surface area contributed by atoms with Gasteiger partial charge in [0.2, 0.25) is 0 Å². The quantitative estimate of drug-likeness (QED) is 0.294. The molecule has 0 aliphatic carbocycles. The number of ketones is 1. The molecule has 3 aromatic carbocycles. The van der Waals surface area contributed by atoms with Crippen LogP contribution in [0.15, 0.2) is 66.7 Å². The topological polar surface area (TPSA) is 60.2 Å². The van der Waals surface area contributed by atoms with Crippen LogP contribution in [0.3, 0.4) is 0 Å². The molecule has 24 heavy (non-hydrogen) atoms. The van der Waals surface area contributed by atoms with Crippen LogP contribution in [-0.4, -0.2) is 10.7 Å². The standard InChI is InChI=1S/C19H11NO3S/c21-19(12-5-8-14(9-6-12)20(22)23)13-7-10-18-16(11-13)15-3-1-2-4-17(15)24-18/h1-11H. The maximum absolute atomic E-state index is 12.7. The number of non-ortho nitro benzene ring substituents is 1. The minimum atomic E-state index is -0.474. The summed E-state index contributed by atoms with van der Waals surface area (Å²) in [5.74, 6) is -0.137. The summed E-state index contributed by atoms with van der Waals surface area (Å²) in [4.78, 5) is 22.9. The first-order valence-electron chi connectivity index (χ1n) is 7.34. The van der Waals surface area contributed by atoms with Crippen molar-refractivity contribution in [3.8, 4) is 0 Å². The Kier molecular flexibility index (Phi) is 3.36.